The van der Waals surface area contributed by atoms with Crippen molar-refractivity contribution >= 4 is 11.6 Å². The highest BCUT2D eigenvalue weighted by atomic mass is 15.2. The Kier molecular flexibility index (Phi) is 4.25. The van der Waals surface area contributed by atoms with Gasteiger partial charge >= 0.3 is 0 Å². The van der Waals surface area contributed by atoms with Gasteiger partial charge in [0, 0.05) is 18.4 Å². The van der Waals surface area contributed by atoms with Crippen LogP contribution in [0.5, 0.6) is 0 Å². The fourth-order valence-electron chi connectivity index (χ4n) is 2.25. The summed E-state index contributed by atoms with van der Waals surface area (Å²) in [6.45, 7) is 9.63. The normalized spacial score (nSPS) is 11.0. The Bertz CT molecular complexity index is 541. The van der Waals surface area contributed by atoms with Crippen molar-refractivity contribution in [3.63, 3.8) is 0 Å². The molecule has 0 spiro atoms. The number of nitrogens with zero attached hydrogens (tertiary/aromatic N) is 2. The van der Waals surface area contributed by atoms with Gasteiger partial charge in [0.2, 0.25) is 5.95 Å². The molecule has 0 fully saturated rings. The van der Waals surface area contributed by atoms with Crippen molar-refractivity contribution in [1.82, 2.24) is 9.55 Å². The van der Waals surface area contributed by atoms with Crippen LogP contribution in [0.1, 0.15) is 32.0 Å². The molecule has 0 saturated carbocycles. The number of anilines is 2. The van der Waals surface area contributed by atoms with Gasteiger partial charge in [-0.15, -0.1) is 0 Å². The quantitative estimate of drug-likeness (QED) is 0.872. The first-order valence-corrected chi connectivity index (χ1v) is 6.98. The predicted molar refractivity (Wildman–Crippen MR) is 80.9 cm³/mol. The summed E-state index contributed by atoms with van der Waals surface area (Å²) in [5.74, 6) is 1.54. The van der Waals surface area contributed by atoms with Crippen LogP contribution in [-0.4, -0.2) is 9.55 Å². The number of rotatable bonds is 5. The molecule has 1 aromatic heterocycles. The number of benzene rings is 1. The minimum absolute atomic E-state index is 0.607. The van der Waals surface area contributed by atoms with Gasteiger partial charge in [0.1, 0.15) is 0 Å². The average Bonchev–Trinajstić information content (AvgIpc) is 2.69. The zero-order valence-corrected chi connectivity index (χ0v) is 12.3. The highest BCUT2D eigenvalue weighted by molar-refractivity contribution is 5.59. The molecule has 0 unspecified atom stereocenters. The summed E-state index contributed by atoms with van der Waals surface area (Å²) in [5.41, 5.74) is 3.52. The topological polar surface area (TPSA) is 29.9 Å². The first-order valence-electron chi connectivity index (χ1n) is 6.98. The van der Waals surface area contributed by atoms with Gasteiger partial charge in [-0.25, -0.2) is 4.98 Å². The monoisotopic (exact) mass is 257 g/mol. The van der Waals surface area contributed by atoms with E-state index >= 15 is 0 Å². The SMILES string of the molecule is CCc1ccccc1Nc1nc(C)cn1CC(C)C. The molecule has 2 aromatic rings. The first-order chi connectivity index (χ1) is 9.10. The van der Waals surface area contributed by atoms with Gasteiger partial charge in [0.05, 0.1) is 5.69 Å². The largest absolute Gasteiger partial charge is 0.325 e. The summed E-state index contributed by atoms with van der Waals surface area (Å²) in [7, 11) is 0. The number of hydrogen-bond donors (Lipinski definition) is 1. The van der Waals surface area contributed by atoms with Crippen LogP contribution in [0.15, 0.2) is 30.5 Å². The highest BCUT2D eigenvalue weighted by Crippen LogP contribution is 2.21. The van der Waals surface area contributed by atoms with Gasteiger partial charge in [0.25, 0.3) is 0 Å². The third kappa shape index (κ3) is 3.37. The Morgan fingerprint density at radius 1 is 1.26 bits per heavy atom. The zero-order chi connectivity index (χ0) is 13.8. The third-order valence-electron chi connectivity index (χ3n) is 3.10. The van der Waals surface area contributed by atoms with E-state index in [1.807, 2.05) is 6.92 Å². The molecule has 1 aromatic carbocycles. The van der Waals surface area contributed by atoms with Crippen molar-refractivity contribution in [2.75, 3.05) is 5.32 Å². The van der Waals surface area contributed by atoms with E-state index in [9.17, 15) is 0 Å². The molecule has 102 valence electrons. The summed E-state index contributed by atoms with van der Waals surface area (Å²) < 4.78 is 2.20. The van der Waals surface area contributed by atoms with E-state index in [0.29, 0.717) is 5.92 Å². The lowest BCUT2D eigenvalue weighted by molar-refractivity contribution is 0.527. The molecule has 0 aliphatic carbocycles. The van der Waals surface area contributed by atoms with Crippen molar-refractivity contribution in [1.29, 1.82) is 0 Å². The van der Waals surface area contributed by atoms with Crippen LogP contribution in [0, 0.1) is 12.8 Å². The maximum absolute atomic E-state index is 4.59. The smallest absolute Gasteiger partial charge is 0.207 e. The first kappa shape index (κ1) is 13.7. The van der Waals surface area contributed by atoms with Gasteiger partial charge in [0.15, 0.2) is 0 Å². The Morgan fingerprint density at radius 2 is 2.00 bits per heavy atom. The van der Waals surface area contributed by atoms with Crippen LogP contribution in [-0.2, 0) is 13.0 Å². The maximum atomic E-state index is 4.59. The maximum Gasteiger partial charge on any atom is 0.207 e. The Labute approximate surface area is 115 Å². The minimum Gasteiger partial charge on any atom is -0.325 e. The van der Waals surface area contributed by atoms with Crippen molar-refractivity contribution in [3.8, 4) is 0 Å². The molecule has 0 saturated heterocycles. The number of aromatic nitrogens is 2. The fourth-order valence-corrected chi connectivity index (χ4v) is 2.25. The second kappa shape index (κ2) is 5.91. The summed E-state index contributed by atoms with van der Waals surface area (Å²) in [5, 5.41) is 3.47. The molecule has 19 heavy (non-hydrogen) atoms. The van der Waals surface area contributed by atoms with Crippen molar-refractivity contribution in [2.45, 2.75) is 40.7 Å². The van der Waals surface area contributed by atoms with Gasteiger partial charge in [-0.1, -0.05) is 39.0 Å². The van der Waals surface area contributed by atoms with E-state index in [0.717, 1.165) is 30.3 Å². The molecule has 1 N–H and O–H groups in total. The van der Waals surface area contributed by atoms with Crippen LogP contribution in [0.3, 0.4) is 0 Å². The molecule has 0 amide bonds. The standard InChI is InChI=1S/C16H23N3/c1-5-14-8-6-7-9-15(14)18-16-17-13(4)11-19(16)10-12(2)3/h6-9,11-12H,5,10H2,1-4H3,(H,17,18). The van der Waals surface area contributed by atoms with Crippen molar-refractivity contribution in [3.05, 3.63) is 41.7 Å². The predicted octanol–water partition coefficient (Wildman–Crippen LogP) is 4.15. The number of aryl methyl sites for hydroxylation is 2. The number of hydrogen-bond acceptors (Lipinski definition) is 2. The summed E-state index contributed by atoms with van der Waals surface area (Å²) in [4.78, 5) is 4.59. The van der Waals surface area contributed by atoms with Crippen molar-refractivity contribution in [2.24, 2.45) is 5.92 Å². The molecule has 0 aliphatic rings. The second-order valence-electron chi connectivity index (χ2n) is 5.39. The van der Waals surface area contributed by atoms with E-state index in [4.69, 9.17) is 0 Å². The summed E-state index contributed by atoms with van der Waals surface area (Å²) in [6.07, 6.45) is 3.13. The third-order valence-corrected chi connectivity index (χ3v) is 3.10. The van der Waals surface area contributed by atoms with E-state index < -0.39 is 0 Å². The molecular formula is C16H23N3. The zero-order valence-electron chi connectivity index (χ0n) is 12.3. The molecular weight excluding hydrogens is 234 g/mol. The Morgan fingerprint density at radius 3 is 2.68 bits per heavy atom. The van der Waals surface area contributed by atoms with E-state index in [2.05, 4.69) is 66.1 Å². The Balaban J connectivity index is 2.27. The lowest BCUT2D eigenvalue weighted by Gasteiger charge is -2.13. The van der Waals surface area contributed by atoms with Crippen LogP contribution >= 0.6 is 0 Å². The minimum atomic E-state index is 0.607. The summed E-state index contributed by atoms with van der Waals surface area (Å²) >= 11 is 0. The van der Waals surface area contributed by atoms with Crippen LogP contribution in [0.25, 0.3) is 0 Å². The fraction of sp³-hybridized carbons (Fsp3) is 0.438. The van der Waals surface area contributed by atoms with Gasteiger partial charge in [-0.05, 0) is 30.9 Å². The highest BCUT2D eigenvalue weighted by Gasteiger charge is 2.09. The van der Waals surface area contributed by atoms with Crippen LogP contribution in [0.4, 0.5) is 11.6 Å². The molecule has 2 rings (SSSR count). The van der Waals surface area contributed by atoms with Gasteiger partial charge in [-0.3, -0.25) is 0 Å². The van der Waals surface area contributed by atoms with Gasteiger partial charge < -0.3 is 9.88 Å². The molecule has 1 heterocycles. The van der Waals surface area contributed by atoms with Crippen molar-refractivity contribution < 1.29 is 0 Å². The number of para-hydroxylation sites is 1. The van der Waals surface area contributed by atoms with E-state index in [1.165, 1.54) is 5.56 Å². The van der Waals surface area contributed by atoms with E-state index in [1.54, 1.807) is 0 Å². The molecule has 0 aliphatic heterocycles. The molecule has 0 atom stereocenters. The molecule has 3 nitrogen and oxygen atoms in total. The average molecular weight is 257 g/mol. The Hall–Kier alpha value is -1.77. The summed E-state index contributed by atoms with van der Waals surface area (Å²) in [6, 6.07) is 8.41. The van der Waals surface area contributed by atoms with Crippen LogP contribution in [0.2, 0.25) is 0 Å². The lowest BCUT2D eigenvalue weighted by Crippen LogP contribution is -2.08. The van der Waals surface area contributed by atoms with E-state index in [-0.39, 0.29) is 0 Å². The number of imidazole rings is 1. The second-order valence-corrected chi connectivity index (χ2v) is 5.39. The van der Waals surface area contributed by atoms with Gasteiger partial charge in [-0.2, -0.15) is 0 Å². The lowest BCUT2D eigenvalue weighted by atomic mass is 10.1. The molecule has 0 radical (unpaired) electrons. The number of nitrogens with one attached hydrogen (secondary N) is 1. The van der Waals surface area contributed by atoms with Crippen LogP contribution < -0.4 is 5.32 Å². The molecule has 3 heteroatoms. The molecule has 0 bridgehead atoms.